The monoisotopic (exact) mass is 519 g/mol. The second-order valence-electron chi connectivity index (χ2n) is 9.70. The normalized spacial score (nSPS) is 15.8. The van der Waals surface area contributed by atoms with Crippen LogP contribution in [0, 0.1) is 18.7 Å². The van der Waals surface area contributed by atoms with E-state index in [1.165, 1.54) is 49.0 Å². The summed E-state index contributed by atoms with van der Waals surface area (Å²) in [5, 5.41) is 10.7. The number of rotatable bonds is 9. The molecule has 7 heteroatoms. The molecule has 1 aromatic heterocycles. The van der Waals surface area contributed by atoms with Gasteiger partial charge in [0.15, 0.2) is 5.75 Å². The molecule has 0 amide bonds. The fraction of sp³-hybridized carbons (Fsp3) is 0.300. The van der Waals surface area contributed by atoms with Crippen LogP contribution in [-0.4, -0.2) is 42.0 Å². The lowest BCUT2D eigenvalue weighted by Crippen LogP contribution is -2.22. The average molecular weight is 520 g/mol. The molecule has 0 radical (unpaired) electrons. The summed E-state index contributed by atoms with van der Waals surface area (Å²) in [7, 11) is 0. The first kappa shape index (κ1) is 25.2. The molecule has 5 rings (SSSR count). The Labute approximate surface area is 220 Å². The highest BCUT2D eigenvalue weighted by molar-refractivity contribution is 7.21. The number of hydrogen-bond acceptors (Lipinski definition) is 6. The Morgan fingerprint density at radius 2 is 1.89 bits per heavy atom. The van der Waals surface area contributed by atoms with Gasteiger partial charge in [0.2, 0.25) is 5.78 Å². The van der Waals surface area contributed by atoms with Crippen molar-refractivity contribution in [2.45, 2.75) is 26.7 Å². The predicted octanol–water partition coefficient (Wildman–Crippen LogP) is 7.19. The highest BCUT2D eigenvalue weighted by Gasteiger charge is 2.24. The van der Waals surface area contributed by atoms with Crippen molar-refractivity contribution in [1.29, 1.82) is 0 Å². The Balaban J connectivity index is 1.32. The van der Waals surface area contributed by atoms with E-state index >= 15 is 0 Å². The highest BCUT2D eigenvalue weighted by atomic mass is 32.1. The van der Waals surface area contributed by atoms with Crippen molar-refractivity contribution in [3.05, 3.63) is 82.5 Å². The molecule has 0 spiro atoms. The molecule has 192 valence electrons. The average Bonchev–Trinajstić information content (AvgIpc) is 3.45. The van der Waals surface area contributed by atoms with Crippen LogP contribution in [0.15, 0.2) is 60.7 Å². The van der Waals surface area contributed by atoms with Crippen molar-refractivity contribution in [2.24, 2.45) is 5.92 Å². The third kappa shape index (κ3) is 5.78. The van der Waals surface area contributed by atoms with Gasteiger partial charge in [-0.2, -0.15) is 0 Å². The lowest BCUT2D eigenvalue weighted by Gasteiger charge is -2.15. The minimum Gasteiger partial charge on any atom is -0.508 e. The summed E-state index contributed by atoms with van der Waals surface area (Å²) in [5.74, 6) is 2.01. The molecule has 3 aromatic carbocycles. The fourth-order valence-corrected chi connectivity index (χ4v) is 5.86. The van der Waals surface area contributed by atoms with Gasteiger partial charge in [0.05, 0.1) is 6.61 Å². The second kappa shape index (κ2) is 10.9. The summed E-state index contributed by atoms with van der Waals surface area (Å²) >= 11 is 1.24. The van der Waals surface area contributed by atoms with E-state index in [-0.39, 0.29) is 17.3 Å². The second-order valence-corrected chi connectivity index (χ2v) is 10.8. The van der Waals surface area contributed by atoms with Crippen molar-refractivity contribution in [2.75, 3.05) is 26.2 Å². The number of likely N-dealkylation sites (tertiary alicyclic amines) is 1. The summed E-state index contributed by atoms with van der Waals surface area (Å²) < 4.78 is 26.5. The van der Waals surface area contributed by atoms with Gasteiger partial charge in [-0.25, -0.2) is 4.39 Å². The number of aromatic hydroxyl groups is 1. The maximum atomic E-state index is 13.6. The zero-order valence-electron chi connectivity index (χ0n) is 21.0. The smallest absolute Gasteiger partial charge is 0.207 e. The molecule has 0 saturated carbocycles. The fourth-order valence-electron chi connectivity index (χ4n) is 4.75. The third-order valence-corrected chi connectivity index (χ3v) is 7.84. The van der Waals surface area contributed by atoms with Crippen molar-refractivity contribution < 1.29 is 23.8 Å². The molecular formula is C30H30FNO4S. The number of nitrogens with zero attached hydrogens (tertiary/aromatic N) is 1. The van der Waals surface area contributed by atoms with Gasteiger partial charge < -0.3 is 19.5 Å². The summed E-state index contributed by atoms with van der Waals surface area (Å²) in [6, 6.07) is 16.4. The van der Waals surface area contributed by atoms with Crippen LogP contribution in [-0.2, 0) is 0 Å². The quantitative estimate of drug-likeness (QED) is 0.187. The van der Waals surface area contributed by atoms with Gasteiger partial charge in [0.25, 0.3) is 0 Å². The zero-order valence-corrected chi connectivity index (χ0v) is 21.8. The number of fused-ring (bicyclic) bond motifs is 1. The Morgan fingerprint density at radius 1 is 1.11 bits per heavy atom. The Bertz CT molecular complexity index is 1420. The number of halogens is 1. The van der Waals surface area contributed by atoms with Gasteiger partial charge >= 0.3 is 0 Å². The number of phenolic OH excluding ortho intramolecular Hbond substituents is 1. The van der Waals surface area contributed by atoms with E-state index in [9.17, 15) is 14.3 Å². The van der Waals surface area contributed by atoms with Crippen LogP contribution in [0.2, 0.25) is 0 Å². The van der Waals surface area contributed by atoms with E-state index in [1.54, 1.807) is 25.1 Å². The van der Waals surface area contributed by atoms with E-state index in [1.807, 2.05) is 24.3 Å². The first-order valence-corrected chi connectivity index (χ1v) is 13.4. The molecule has 37 heavy (non-hydrogen) atoms. The van der Waals surface area contributed by atoms with Crippen LogP contribution >= 0.6 is 11.3 Å². The Kier molecular flexibility index (Phi) is 7.44. The van der Waals surface area contributed by atoms with Crippen molar-refractivity contribution in [3.8, 4) is 23.0 Å². The van der Waals surface area contributed by atoms with Crippen molar-refractivity contribution in [3.63, 3.8) is 0 Å². The van der Waals surface area contributed by atoms with E-state index in [0.29, 0.717) is 34.1 Å². The molecule has 5 nitrogen and oxygen atoms in total. The number of carbonyl (C=O) groups excluding carboxylic acids is 1. The van der Waals surface area contributed by atoms with Crippen LogP contribution in [0.3, 0.4) is 0 Å². The van der Waals surface area contributed by atoms with Crippen molar-refractivity contribution in [1.82, 2.24) is 4.90 Å². The van der Waals surface area contributed by atoms with Gasteiger partial charge in [-0.3, -0.25) is 4.79 Å². The maximum Gasteiger partial charge on any atom is 0.207 e. The molecule has 2 heterocycles. The minimum absolute atomic E-state index is 0.109. The predicted molar refractivity (Wildman–Crippen MR) is 145 cm³/mol. The molecule has 1 atom stereocenters. The number of hydrogen-bond donors (Lipinski definition) is 1. The number of carbonyl (C=O) groups is 1. The summed E-state index contributed by atoms with van der Waals surface area (Å²) in [4.78, 5) is 16.4. The standard InChI is InChI=1S/C30H30FNO4S/c1-19-12-14-32(18-19)13-3-15-35-23-6-8-24(9-7-23)36-29-26-11-5-22(33)17-27(26)37-30(29)28(34)25-10-4-21(31)16-20(25)2/h4-11,16-17,19,33H,3,12-15,18H2,1-2H3/t19-/m1/s1. The van der Waals surface area contributed by atoms with Gasteiger partial charge in [-0.15, -0.1) is 11.3 Å². The lowest BCUT2D eigenvalue weighted by molar-refractivity contribution is 0.104. The number of phenols is 1. The van der Waals surface area contributed by atoms with Crippen LogP contribution in [0.25, 0.3) is 10.1 Å². The number of benzene rings is 3. The Morgan fingerprint density at radius 3 is 2.62 bits per heavy atom. The van der Waals surface area contributed by atoms with Gasteiger partial charge in [0.1, 0.15) is 27.9 Å². The molecule has 1 N–H and O–H groups in total. The molecule has 1 aliphatic rings. The van der Waals surface area contributed by atoms with Crippen LogP contribution in [0.1, 0.15) is 40.6 Å². The third-order valence-electron chi connectivity index (χ3n) is 6.71. The molecule has 4 aromatic rings. The molecular weight excluding hydrogens is 489 g/mol. The topological polar surface area (TPSA) is 59.0 Å². The van der Waals surface area contributed by atoms with Crippen LogP contribution in [0.5, 0.6) is 23.0 Å². The minimum atomic E-state index is -0.389. The number of ether oxygens (including phenoxy) is 2. The summed E-state index contributed by atoms with van der Waals surface area (Å²) in [6.45, 7) is 8.06. The van der Waals surface area contributed by atoms with Gasteiger partial charge in [-0.1, -0.05) is 6.92 Å². The molecule has 1 aliphatic heterocycles. The van der Waals surface area contributed by atoms with Crippen LogP contribution in [0.4, 0.5) is 4.39 Å². The van der Waals surface area contributed by atoms with Gasteiger partial charge in [-0.05, 0) is 98.5 Å². The van der Waals surface area contributed by atoms with E-state index in [0.717, 1.165) is 34.7 Å². The van der Waals surface area contributed by atoms with E-state index < -0.39 is 0 Å². The molecule has 1 fully saturated rings. The summed E-state index contributed by atoms with van der Waals surface area (Å²) in [6.07, 6.45) is 2.26. The number of thiophene rings is 1. The van der Waals surface area contributed by atoms with Crippen molar-refractivity contribution >= 4 is 27.2 Å². The molecule has 0 bridgehead atoms. The zero-order chi connectivity index (χ0) is 25.9. The van der Waals surface area contributed by atoms with Gasteiger partial charge in [0, 0.05) is 28.7 Å². The highest BCUT2D eigenvalue weighted by Crippen LogP contribution is 2.43. The molecule has 0 unspecified atom stereocenters. The molecule has 0 aliphatic carbocycles. The first-order chi connectivity index (χ1) is 17.9. The van der Waals surface area contributed by atoms with E-state index in [4.69, 9.17) is 9.47 Å². The summed E-state index contributed by atoms with van der Waals surface area (Å²) in [5.41, 5.74) is 0.964. The largest absolute Gasteiger partial charge is 0.508 e. The van der Waals surface area contributed by atoms with Crippen LogP contribution < -0.4 is 9.47 Å². The molecule has 1 saturated heterocycles. The first-order valence-electron chi connectivity index (χ1n) is 12.6. The SMILES string of the molecule is Cc1cc(F)ccc1C(=O)c1sc2cc(O)ccc2c1Oc1ccc(OCCCN2CC[C@@H](C)C2)cc1. The number of aryl methyl sites for hydroxylation is 1. The lowest BCUT2D eigenvalue weighted by atomic mass is 10.0. The van der Waals surface area contributed by atoms with E-state index in [2.05, 4.69) is 11.8 Å². The Hall–Kier alpha value is -3.42. The number of ketones is 1. The maximum absolute atomic E-state index is 13.6.